The van der Waals surface area contributed by atoms with Gasteiger partial charge in [-0.25, -0.2) is 4.98 Å². The summed E-state index contributed by atoms with van der Waals surface area (Å²) in [7, 11) is 2.08. The summed E-state index contributed by atoms with van der Waals surface area (Å²) < 4.78 is 2.17. The minimum absolute atomic E-state index is 0.224. The summed E-state index contributed by atoms with van der Waals surface area (Å²) in [6.07, 6.45) is 0.484. The Morgan fingerprint density at radius 1 is 1.03 bits per heavy atom. The van der Waals surface area contributed by atoms with E-state index >= 15 is 0 Å². The number of hydrogen-bond donors (Lipinski definition) is 0. The first-order chi connectivity index (χ1) is 14.5. The highest BCUT2D eigenvalue weighted by Gasteiger charge is 2.22. The summed E-state index contributed by atoms with van der Waals surface area (Å²) >= 11 is 1.85. The second-order valence-electron chi connectivity index (χ2n) is 8.22. The van der Waals surface area contributed by atoms with Gasteiger partial charge in [-0.1, -0.05) is 38.1 Å². The molecule has 0 unspecified atom stereocenters. The molecule has 1 amide bonds. The molecule has 0 radical (unpaired) electrons. The lowest BCUT2D eigenvalue weighted by Crippen LogP contribution is -2.48. The van der Waals surface area contributed by atoms with E-state index in [1.807, 2.05) is 22.7 Å². The largest absolute Gasteiger partial charge is 0.340 e. The number of rotatable bonds is 6. The van der Waals surface area contributed by atoms with Crippen LogP contribution in [-0.2, 0) is 24.8 Å². The summed E-state index contributed by atoms with van der Waals surface area (Å²) in [6, 6.07) is 16.7. The number of thioether (sulfide) groups is 1. The predicted molar refractivity (Wildman–Crippen MR) is 124 cm³/mol. The average Bonchev–Trinajstić information content (AvgIpc) is 3.05. The van der Waals surface area contributed by atoms with Crippen LogP contribution in [-0.4, -0.2) is 56.7 Å². The van der Waals surface area contributed by atoms with Crippen LogP contribution < -0.4 is 0 Å². The lowest BCUT2D eigenvalue weighted by molar-refractivity contribution is -0.132. The second kappa shape index (κ2) is 9.23. The number of aryl methyl sites for hydroxylation is 1. The van der Waals surface area contributed by atoms with E-state index in [0.717, 1.165) is 49.6 Å². The lowest BCUT2D eigenvalue weighted by Gasteiger charge is -2.34. The zero-order chi connectivity index (χ0) is 21.1. The number of piperazine rings is 1. The number of nitrogens with zero attached hydrogens (tertiary/aromatic N) is 4. The molecule has 6 heteroatoms. The van der Waals surface area contributed by atoms with Crippen molar-refractivity contribution in [2.45, 2.75) is 37.0 Å². The number of carbonyl (C=O) groups is 1. The van der Waals surface area contributed by atoms with Crippen molar-refractivity contribution in [1.29, 1.82) is 0 Å². The van der Waals surface area contributed by atoms with Crippen molar-refractivity contribution in [3.63, 3.8) is 0 Å². The number of benzene rings is 2. The molecule has 3 aromatic rings. The number of hydrogen-bond acceptors (Lipinski definition) is 4. The predicted octanol–water partition coefficient (Wildman–Crippen LogP) is 3.96. The molecule has 0 spiro atoms. The van der Waals surface area contributed by atoms with Gasteiger partial charge in [-0.3, -0.25) is 9.69 Å². The first kappa shape index (κ1) is 20.9. The number of carbonyl (C=O) groups excluding carboxylic acids is 1. The summed E-state index contributed by atoms with van der Waals surface area (Å²) in [5.74, 6) is 1.30. The summed E-state index contributed by atoms with van der Waals surface area (Å²) in [5, 5.41) is 0.568. The van der Waals surface area contributed by atoms with Gasteiger partial charge < -0.3 is 9.47 Å². The Morgan fingerprint density at radius 3 is 2.40 bits per heavy atom. The van der Waals surface area contributed by atoms with E-state index in [2.05, 4.69) is 72.8 Å². The summed E-state index contributed by atoms with van der Waals surface area (Å²) in [4.78, 5) is 23.2. The maximum atomic E-state index is 12.8. The van der Waals surface area contributed by atoms with Gasteiger partial charge in [0.05, 0.1) is 24.0 Å². The van der Waals surface area contributed by atoms with Crippen molar-refractivity contribution < 1.29 is 4.79 Å². The molecule has 1 aliphatic heterocycles. The first-order valence-electron chi connectivity index (χ1n) is 10.7. The van der Waals surface area contributed by atoms with Crippen LogP contribution in [0.5, 0.6) is 0 Å². The molecule has 2 heterocycles. The van der Waals surface area contributed by atoms with Crippen LogP contribution in [0.1, 0.15) is 25.2 Å². The molecule has 30 heavy (non-hydrogen) atoms. The Morgan fingerprint density at radius 2 is 1.73 bits per heavy atom. The van der Waals surface area contributed by atoms with Gasteiger partial charge >= 0.3 is 0 Å². The molecule has 1 aromatic heterocycles. The molecule has 1 fully saturated rings. The SMILES string of the molecule is CC(C)Sc1ccc(CC(=O)N2CCN(Cc3nc4ccccc4n3C)CC2)cc1. The third-order valence-electron chi connectivity index (χ3n) is 5.62. The van der Waals surface area contributed by atoms with Crippen LogP contribution in [0.4, 0.5) is 0 Å². The molecule has 0 aliphatic carbocycles. The molecular weight excluding hydrogens is 392 g/mol. The number of para-hydroxylation sites is 2. The standard InChI is InChI=1S/C24H30N4OS/c1-18(2)30-20-10-8-19(9-11-20)16-24(29)28-14-12-27(13-15-28)17-23-25-21-6-4-5-7-22(21)26(23)3/h4-11,18H,12-17H2,1-3H3. The van der Waals surface area contributed by atoms with Crippen molar-refractivity contribution in [1.82, 2.24) is 19.4 Å². The van der Waals surface area contributed by atoms with E-state index in [0.29, 0.717) is 11.7 Å². The van der Waals surface area contributed by atoms with Crippen LogP contribution in [0.25, 0.3) is 11.0 Å². The van der Waals surface area contributed by atoms with E-state index in [1.54, 1.807) is 0 Å². The highest BCUT2D eigenvalue weighted by molar-refractivity contribution is 7.99. The minimum Gasteiger partial charge on any atom is -0.340 e. The fourth-order valence-electron chi connectivity index (χ4n) is 3.94. The van der Waals surface area contributed by atoms with E-state index in [-0.39, 0.29) is 5.91 Å². The molecule has 158 valence electrons. The van der Waals surface area contributed by atoms with Crippen molar-refractivity contribution in [2.24, 2.45) is 7.05 Å². The van der Waals surface area contributed by atoms with Gasteiger partial charge in [-0.05, 0) is 29.8 Å². The fourth-order valence-corrected chi connectivity index (χ4v) is 4.77. The van der Waals surface area contributed by atoms with Gasteiger partial charge in [0.25, 0.3) is 0 Å². The Balaban J connectivity index is 1.29. The molecule has 1 saturated heterocycles. The maximum absolute atomic E-state index is 12.8. The van der Waals surface area contributed by atoms with Crippen molar-refractivity contribution in [3.8, 4) is 0 Å². The average molecular weight is 423 g/mol. The molecule has 0 N–H and O–H groups in total. The second-order valence-corrected chi connectivity index (χ2v) is 9.87. The highest BCUT2D eigenvalue weighted by Crippen LogP contribution is 2.23. The Bertz CT molecular complexity index is 1000. The van der Waals surface area contributed by atoms with E-state index < -0.39 is 0 Å². The normalized spacial score (nSPS) is 15.3. The van der Waals surface area contributed by atoms with E-state index in [1.165, 1.54) is 10.4 Å². The van der Waals surface area contributed by atoms with Gasteiger partial charge in [0.15, 0.2) is 0 Å². The van der Waals surface area contributed by atoms with Crippen molar-refractivity contribution in [2.75, 3.05) is 26.2 Å². The van der Waals surface area contributed by atoms with Crippen LogP contribution in [0.15, 0.2) is 53.4 Å². The van der Waals surface area contributed by atoms with Gasteiger partial charge in [0.1, 0.15) is 5.82 Å². The Labute approximate surface area is 183 Å². The topological polar surface area (TPSA) is 41.4 Å². The van der Waals surface area contributed by atoms with E-state index in [4.69, 9.17) is 4.98 Å². The van der Waals surface area contributed by atoms with Gasteiger partial charge in [0.2, 0.25) is 5.91 Å². The molecule has 2 aromatic carbocycles. The molecule has 1 aliphatic rings. The van der Waals surface area contributed by atoms with Gasteiger partial charge in [-0.2, -0.15) is 0 Å². The van der Waals surface area contributed by atoms with Gasteiger partial charge in [0, 0.05) is 43.4 Å². The van der Waals surface area contributed by atoms with Crippen molar-refractivity contribution >= 4 is 28.7 Å². The minimum atomic E-state index is 0.224. The Kier molecular flexibility index (Phi) is 6.44. The third kappa shape index (κ3) is 4.87. The number of imidazole rings is 1. The van der Waals surface area contributed by atoms with Crippen molar-refractivity contribution in [3.05, 3.63) is 59.9 Å². The molecular formula is C24H30N4OS. The highest BCUT2D eigenvalue weighted by atomic mass is 32.2. The fraction of sp³-hybridized carbons (Fsp3) is 0.417. The quantitative estimate of drug-likeness (QED) is 0.564. The molecule has 5 nitrogen and oxygen atoms in total. The third-order valence-corrected chi connectivity index (χ3v) is 6.64. The van der Waals surface area contributed by atoms with E-state index in [9.17, 15) is 4.79 Å². The van der Waals surface area contributed by atoms with Crippen LogP contribution >= 0.6 is 11.8 Å². The lowest BCUT2D eigenvalue weighted by atomic mass is 10.1. The summed E-state index contributed by atoms with van der Waals surface area (Å²) in [6.45, 7) is 8.55. The molecule has 0 atom stereocenters. The smallest absolute Gasteiger partial charge is 0.227 e. The summed E-state index contributed by atoms with van der Waals surface area (Å²) in [5.41, 5.74) is 3.30. The van der Waals surface area contributed by atoms with Crippen LogP contribution in [0, 0.1) is 0 Å². The van der Waals surface area contributed by atoms with Gasteiger partial charge in [-0.15, -0.1) is 11.8 Å². The number of aromatic nitrogens is 2. The number of amides is 1. The zero-order valence-corrected chi connectivity index (χ0v) is 18.9. The monoisotopic (exact) mass is 422 g/mol. The molecule has 0 bridgehead atoms. The molecule has 4 rings (SSSR count). The molecule has 0 saturated carbocycles. The zero-order valence-electron chi connectivity index (χ0n) is 18.0. The number of fused-ring (bicyclic) bond motifs is 1. The first-order valence-corrected chi connectivity index (χ1v) is 11.5. The maximum Gasteiger partial charge on any atom is 0.227 e. The van der Waals surface area contributed by atoms with Crippen LogP contribution in [0.3, 0.4) is 0 Å². The Hall–Kier alpha value is -2.31. The van der Waals surface area contributed by atoms with Crippen LogP contribution in [0.2, 0.25) is 0 Å².